The van der Waals surface area contributed by atoms with E-state index in [-0.39, 0.29) is 48.4 Å². The van der Waals surface area contributed by atoms with Crippen molar-refractivity contribution in [1.82, 2.24) is 0 Å². The van der Waals surface area contributed by atoms with Crippen LogP contribution in [0.3, 0.4) is 0 Å². The molecule has 7 nitrogen and oxygen atoms in total. The molecule has 2 heterocycles. The number of esters is 1. The molecule has 2 fully saturated rings. The van der Waals surface area contributed by atoms with Crippen LogP contribution in [-0.2, 0) is 19.2 Å². The molecule has 0 radical (unpaired) electrons. The lowest BCUT2D eigenvalue weighted by atomic mass is 9.78. The number of allylic oxidation sites excluding steroid dienone is 2. The monoisotopic (exact) mass is 458 g/mol. The summed E-state index contributed by atoms with van der Waals surface area (Å²) in [5, 5.41) is 0. The van der Waals surface area contributed by atoms with Gasteiger partial charge in [-0.25, -0.2) is 0 Å². The van der Waals surface area contributed by atoms with Gasteiger partial charge in [0.2, 0.25) is 17.7 Å². The predicted molar refractivity (Wildman–Crippen MR) is 126 cm³/mol. The van der Waals surface area contributed by atoms with E-state index in [2.05, 4.69) is 0 Å². The van der Waals surface area contributed by atoms with Crippen molar-refractivity contribution in [1.29, 1.82) is 0 Å². The Bertz CT molecular complexity index is 1180. The van der Waals surface area contributed by atoms with Gasteiger partial charge in [0, 0.05) is 18.7 Å². The lowest BCUT2D eigenvalue weighted by Crippen LogP contribution is -2.31. The van der Waals surface area contributed by atoms with Gasteiger partial charge in [-0.15, -0.1) is 0 Å². The molecular formula is C27H26N2O5. The molecule has 0 bridgehead atoms. The average molecular weight is 459 g/mol. The summed E-state index contributed by atoms with van der Waals surface area (Å²) < 4.78 is 5.52. The van der Waals surface area contributed by atoms with Gasteiger partial charge in [0.1, 0.15) is 5.75 Å². The molecule has 7 heteroatoms. The maximum Gasteiger partial charge on any atom is 0.316 e. The fourth-order valence-corrected chi connectivity index (χ4v) is 5.10. The topological polar surface area (TPSA) is 84.0 Å². The van der Waals surface area contributed by atoms with Gasteiger partial charge < -0.3 is 9.64 Å². The molecule has 2 saturated heterocycles. The molecule has 2 aromatic rings. The summed E-state index contributed by atoms with van der Waals surface area (Å²) in [5.41, 5.74) is 2.33. The van der Waals surface area contributed by atoms with Gasteiger partial charge in [-0.3, -0.25) is 24.1 Å². The Morgan fingerprint density at radius 2 is 1.62 bits per heavy atom. The maximum absolute atomic E-state index is 12.9. The number of rotatable bonds is 4. The number of carbonyl (C=O) groups is 4. The summed E-state index contributed by atoms with van der Waals surface area (Å²) in [6, 6.07) is 14.0. The van der Waals surface area contributed by atoms with Gasteiger partial charge in [-0.2, -0.15) is 0 Å². The predicted octanol–water partition coefficient (Wildman–Crippen LogP) is 3.66. The number of nitrogens with zero attached hydrogens (tertiary/aromatic N) is 2. The molecule has 0 spiro atoms. The van der Waals surface area contributed by atoms with Crippen molar-refractivity contribution in [2.75, 3.05) is 16.3 Å². The lowest BCUT2D eigenvalue weighted by Gasteiger charge is -2.22. The molecule has 174 valence electrons. The van der Waals surface area contributed by atoms with Crippen molar-refractivity contribution in [2.24, 2.45) is 23.7 Å². The first-order valence-electron chi connectivity index (χ1n) is 11.6. The fraction of sp³-hybridized carbons (Fsp3) is 0.333. The SMILES string of the molecule is Cc1ccc(N2CC(C(=O)Oc3ccc(N4C(=O)C5CC=CC(C)C5C4=O)cc3)CC2=O)cc1. The van der Waals surface area contributed by atoms with E-state index in [9.17, 15) is 19.2 Å². The number of amides is 3. The molecule has 4 unspecified atom stereocenters. The van der Waals surface area contributed by atoms with E-state index in [1.165, 1.54) is 4.90 Å². The van der Waals surface area contributed by atoms with E-state index in [1.807, 2.05) is 50.3 Å². The smallest absolute Gasteiger partial charge is 0.316 e. The van der Waals surface area contributed by atoms with E-state index in [4.69, 9.17) is 4.74 Å². The van der Waals surface area contributed by atoms with Crippen LogP contribution in [0, 0.1) is 30.6 Å². The zero-order valence-electron chi connectivity index (χ0n) is 19.1. The van der Waals surface area contributed by atoms with Crippen LogP contribution in [0.15, 0.2) is 60.7 Å². The van der Waals surface area contributed by atoms with Crippen LogP contribution in [0.4, 0.5) is 11.4 Å². The molecule has 2 aromatic carbocycles. The first-order chi connectivity index (χ1) is 16.3. The highest BCUT2D eigenvalue weighted by molar-refractivity contribution is 6.22. The Hall–Kier alpha value is -3.74. The Kier molecular flexibility index (Phi) is 5.55. The van der Waals surface area contributed by atoms with Crippen LogP contribution in [0.5, 0.6) is 5.75 Å². The van der Waals surface area contributed by atoms with Gasteiger partial charge in [-0.05, 0) is 55.7 Å². The number of anilines is 2. The molecule has 4 atom stereocenters. The van der Waals surface area contributed by atoms with Gasteiger partial charge >= 0.3 is 5.97 Å². The van der Waals surface area contributed by atoms with Crippen LogP contribution in [0.1, 0.15) is 25.3 Å². The molecule has 34 heavy (non-hydrogen) atoms. The van der Waals surface area contributed by atoms with Crippen LogP contribution in [0.2, 0.25) is 0 Å². The summed E-state index contributed by atoms with van der Waals surface area (Å²) in [4.78, 5) is 53.8. The first-order valence-corrected chi connectivity index (χ1v) is 11.6. The summed E-state index contributed by atoms with van der Waals surface area (Å²) in [6.07, 6.45) is 4.63. The fourth-order valence-electron chi connectivity index (χ4n) is 5.10. The van der Waals surface area contributed by atoms with Gasteiger partial charge in [0.05, 0.1) is 23.4 Å². The van der Waals surface area contributed by atoms with Crippen molar-refractivity contribution < 1.29 is 23.9 Å². The highest BCUT2D eigenvalue weighted by Gasteiger charge is 2.50. The minimum absolute atomic E-state index is 0.0222. The minimum Gasteiger partial charge on any atom is -0.426 e. The van der Waals surface area contributed by atoms with Gasteiger partial charge in [-0.1, -0.05) is 36.8 Å². The maximum atomic E-state index is 12.9. The molecule has 3 amide bonds. The highest BCUT2D eigenvalue weighted by atomic mass is 16.5. The second-order valence-electron chi connectivity index (χ2n) is 9.32. The average Bonchev–Trinajstić information content (AvgIpc) is 3.33. The number of fused-ring (bicyclic) bond motifs is 1. The number of hydrogen-bond donors (Lipinski definition) is 0. The normalized spacial score (nSPS) is 26.2. The van der Waals surface area contributed by atoms with E-state index >= 15 is 0 Å². The summed E-state index contributed by atoms with van der Waals surface area (Å²) in [6.45, 7) is 4.20. The third-order valence-corrected chi connectivity index (χ3v) is 6.99. The van der Waals surface area contributed by atoms with E-state index in [0.717, 1.165) is 11.3 Å². The van der Waals surface area contributed by atoms with E-state index in [1.54, 1.807) is 29.2 Å². The van der Waals surface area contributed by atoms with Crippen molar-refractivity contribution >= 4 is 35.1 Å². The molecule has 5 rings (SSSR count). The number of aryl methyl sites for hydroxylation is 1. The Morgan fingerprint density at radius 3 is 2.29 bits per heavy atom. The largest absolute Gasteiger partial charge is 0.426 e. The zero-order chi connectivity index (χ0) is 24.0. The second kappa shape index (κ2) is 8.56. The molecule has 0 saturated carbocycles. The zero-order valence-corrected chi connectivity index (χ0v) is 19.1. The second-order valence-corrected chi connectivity index (χ2v) is 9.32. The molecule has 1 aliphatic carbocycles. The van der Waals surface area contributed by atoms with Gasteiger partial charge in [0.25, 0.3) is 0 Å². The molecule has 3 aliphatic rings. The molecular weight excluding hydrogens is 432 g/mol. The number of imide groups is 1. The highest BCUT2D eigenvalue weighted by Crippen LogP contribution is 2.40. The van der Waals surface area contributed by atoms with Crippen LogP contribution in [-0.4, -0.2) is 30.2 Å². The van der Waals surface area contributed by atoms with Crippen molar-refractivity contribution in [2.45, 2.75) is 26.7 Å². The number of hydrogen-bond acceptors (Lipinski definition) is 5. The summed E-state index contributed by atoms with van der Waals surface area (Å²) in [5.74, 6) is -1.84. The summed E-state index contributed by atoms with van der Waals surface area (Å²) >= 11 is 0. The Labute approximate surface area is 198 Å². The summed E-state index contributed by atoms with van der Waals surface area (Å²) in [7, 11) is 0. The first kappa shape index (κ1) is 22.1. The Morgan fingerprint density at radius 1 is 0.941 bits per heavy atom. The third kappa shape index (κ3) is 3.81. The van der Waals surface area contributed by atoms with Crippen LogP contribution < -0.4 is 14.5 Å². The lowest BCUT2D eigenvalue weighted by molar-refractivity contribution is -0.139. The van der Waals surface area contributed by atoms with Crippen molar-refractivity contribution in [3.8, 4) is 5.75 Å². The number of carbonyl (C=O) groups excluding carboxylic acids is 4. The quantitative estimate of drug-likeness (QED) is 0.302. The van der Waals surface area contributed by atoms with Crippen LogP contribution >= 0.6 is 0 Å². The van der Waals surface area contributed by atoms with Crippen LogP contribution in [0.25, 0.3) is 0 Å². The van der Waals surface area contributed by atoms with E-state index in [0.29, 0.717) is 17.9 Å². The molecule has 0 N–H and O–H groups in total. The standard InChI is InChI=1S/C27H26N2O5/c1-16-6-8-19(9-7-16)28-15-18(14-23(28)30)27(33)34-21-12-10-20(11-13-21)29-25(31)22-5-3-4-17(2)24(22)26(29)32/h3-4,6-13,17-18,22,24H,5,14-15H2,1-2H3. The van der Waals surface area contributed by atoms with Gasteiger partial charge in [0.15, 0.2) is 0 Å². The minimum atomic E-state index is -0.563. The van der Waals surface area contributed by atoms with E-state index < -0.39 is 11.9 Å². The molecule has 0 aromatic heterocycles. The molecule has 2 aliphatic heterocycles. The number of ether oxygens (including phenoxy) is 1. The number of benzene rings is 2. The van der Waals surface area contributed by atoms with Crippen molar-refractivity contribution in [3.63, 3.8) is 0 Å². The Balaban J connectivity index is 1.25. The van der Waals surface area contributed by atoms with Crippen molar-refractivity contribution in [3.05, 3.63) is 66.2 Å². The third-order valence-electron chi connectivity index (χ3n) is 6.99.